The number of halogens is 1. The number of rotatable bonds is 6. The van der Waals surface area contributed by atoms with Gasteiger partial charge in [-0.2, -0.15) is 0 Å². The molecule has 1 unspecified atom stereocenters. The topological polar surface area (TPSA) is 41.1 Å². The van der Waals surface area contributed by atoms with Crippen LogP contribution in [0.15, 0.2) is 24.3 Å². The van der Waals surface area contributed by atoms with Crippen molar-refractivity contribution in [3.63, 3.8) is 0 Å². The third kappa shape index (κ3) is 5.71. The van der Waals surface area contributed by atoms with Crippen LogP contribution in [0, 0.1) is 0 Å². The quantitative estimate of drug-likeness (QED) is 0.815. The van der Waals surface area contributed by atoms with E-state index in [-0.39, 0.29) is 11.9 Å². The van der Waals surface area contributed by atoms with Crippen LogP contribution in [0.1, 0.15) is 18.9 Å². The third-order valence-electron chi connectivity index (χ3n) is 2.63. The molecule has 1 amide bonds. The maximum Gasteiger partial charge on any atom is 0.221 e. The number of amides is 1. The van der Waals surface area contributed by atoms with Crippen LogP contribution in [0.4, 0.5) is 0 Å². The Kier molecular flexibility index (Phi) is 6.01. The summed E-state index contributed by atoms with van der Waals surface area (Å²) in [5.41, 5.74) is 1.18. The van der Waals surface area contributed by atoms with Crippen molar-refractivity contribution in [3.8, 4) is 0 Å². The fraction of sp³-hybridized carbons (Fsp3) is 0.462. The van der Waals surface area contributed by atoms with Gasteiger partial charge in [-0.25, -0.2) is 0 Å². The summed E-state index contributed by atoms with van der Waals surface area (Å²) in [6, 6.07) is 7.89. The molecular formula is C13H19ClN2O. The first-order valence-electron chi connectivity index (χ1n) is 5.80. The van der Waals surface area contributed by atoms with E-state index in [0.717, 1.165) is 11.4 Å². The van der Waals surface area contributed by atoms with E-state index in [1.165, 1.54) is 5.56 Å². The van der Waals surface area contributed by atoms with Crippen molar-refractivity contribution in [3.05, 3.63) is 34.9 Å². The third-order valence-corrected chi connectivity index (χ3v) is 2.89. The van der Waals surface area contributed by atoms with E-state index < -0.39 is 0 Å². The molecule has 0 aliphatic carbocycles. The molecule has 0 heterocycles. The fourth-order valence-electron chi connectivity index (χ4n) is 1.45. The maximum atomic E-state index is 11.5. The Labute approximate surface area is 108 Å². The van der Waals surface area contributed by atoms with Gasteiger partial charge in [0.2, 0.25) is 5.91 Å². The molecule has 4 heteroatoms. The second-order valence-corrected chi connectivity index (χ2v) is 4.56. The molecule has 17 heavy (non-hydrogen) atoms. The molecule has 2 N–H and O–H groups in total. The van der Waals surface area contributed by atoms with Gasteiger partial charge in [0.25, 0.3) is 0 Å². The van der Waals surface area contributed by atoms with Crippen LogP contribution in [0.3, 0.4) is 0 Å². The summed E-state index contributed by atoms with van der Waals surface area (Å²) in [6.45, 7) is 2.65. The first-order chi connectivity index (χ1) is 8.11. The summed E-state index contributed by atoms with van der Waals surface area (Å²) in [5.74, 6) is 0.0841. The maximum absolute atomic E-state index is 11.5. The van der Waals surface area contributed by atoms with Crippen molar-refractivity contribution < 1.29 is 4.79 Å². The predicted molar refractivity (Wildman–Crippen MR) is 71.3 cm³/mol. The van der Waals surface area contributed by atoms with Gasteiger partial charge in [-0.05, 0) is 38.1 Å². The molecule has 3 nitrogen and oxygen atoms in total. The number of benzene rings is 1. The molecule has 1 atom stereocenters. The second-order valence-electron chi connectivity index (χ2n) is 4.12. The Balaban J connectivity index is 2.23. The Morgan fingerprint density at radius 1 is 1.35 bits per heavy atom. The highest BCUT2D eigenvalue weighted by Crippen LogP contribution is 2.09. The lowest BCUT2D eigenvalue weighted by molar-refractivity contribution is -0.121. The van der Waals surface area contributed by atoms with Crippen LogP contribution in [0.5, 0.6) is 0 Å². The normalized spacial score (nSPS) is 12.2. The molecule has 0 spiro atoms. The number of hydrogen-bond donors (Lipinski definition) is 2. The molecule has 0 aliphatic rings. The highest BCUT2D eigenvalue weighted by Gasteiger charge is 2.05. The van der Waals surface area contributed by atoms with Crippen LogP contribution in [-0.4, -0.2) is 25.5 Å². The van der Waals surface area contributed by atoms with E-state index in [1.54, 1.807) is 0 Å². The molecule has 94 valence electrons. The molecule has 0 aromatic heterocycles. The lowest BCUT2D eigenvalue weighted by atomic mass is 10.1. The van der Waals surface area contributed by atoms with Gasteiger partial charge in [-0.1, -0.05) is 23.7 Å². The van der Waals surface area contributed by atoms with E-state index >= 15 is 0 Å². The van der Waals surface area contributed by atoms with Crippen molar-refractivity contribution >= 4 is 17.5 Å². The van der Waals surface area contributed by atoms with Gasteiger partial charge in [-0.3, -0.25) is 4.79 Å². The van der Waals surface area contributed by atoms with E-state index in [9.17, 15) is 4.79 Å². The van der Waals surface area contributed by atoms with E-state index in [4.69, 9.17) is 11.6 Å². The Hall–Kier alpha value is -1.06. The molecule has 0 radical (unpaired) electrons. The average molecular weight is 255 g/mol. The van der Waals surface area contributed by atoms with Crippen LogP contribution >= 0.6 is 11.6 Å². The van der Waals surface area contributed by atoms with Gasteiger partial charge in [-0.15, -0.1) is 0 Å². The van der Waals surface area contributed by atoms with Crippen molar-refractivity contribution in [2.24, 2.45) is 0 Å². The van der Waals surface area contributed by atoms with Crippen molar-refractivity contribution in [1.29, 1.82) is 0 Å². The number of nitrogens with one attached hydrogen (secondary N) is 2. The smallest absolute Gasteiger partial charge is 0.221 e. The van der Waals surface area contributed by atoms with E-state index in [1.807, 2.05) is 38.2 Å². The van der Waals surface area contributed by atoms with Crippen LogP contribution in [0.25, 0.3) is 0 Å². The van der Waals surface area contributed by atoms with E-state index in [0.29, 0.717) is 13.0 Å². The number of hydrogen-bond acceptors (Lipinski definition) is 2. The van der Waals surface area contributed by atoms with Gasteiger partial charge in [0.1, 0.15) is 0 Å². The SMILES string of the molecule is CNC(C)CC(=O)NCCc1ccc(Cl)cc1. The average Bonchev–Trinajstić information content (AvgIpc) is 2.31. The van der Waals surface area contributed by atoms with E-state index in [2.05, 4.69) is 10.6 Å². The van der Waals surface area contributed by atoms with Gasteiger partial charge < -0.3 is 10.6 Å². The summed E-state index contributed by atoms with van der Waals surface area (Å²) in [4.78, 5) is 11.5. The van der Waals surface area contributed by atoms with Crippen LogP contribution < -0.4 is 10.6 Å². The highest BCUT2D eigenvalue weighted by molar-refractivity contribution is 6.30. The lowest BCUT2D eigenvalue weighted by Gasteiger charge is -2.10. The number of carbonyl (C=O) groups excluding carboxylic acids is 1. The number of carbonyl (C=O) groups is 1. The molecule has 0 saturated heterocycles. The molecular weight excluding hydrogens is 236 g/mol. The zero-order chi connectivity index (χ0) is 12.7. The standard InChI is InChI=1S/C13H19ClN2O/c1-10(15-2)9-13(17)16-8-7-11-3-5-12(14)6-4-11/h3-6,10,15H,7-9H2,1-2H3,(H,16,17). The largest absolute Gasteiger partial charge is 0.356 e. The van der Waals surface area contributed by atoms with Crippen LogP contribution in [0.2, 0.25) is 5.02 Å². The summed E-state index contributed by atoms with van der Waals surface area (Å²) in [5, 5.41) is 6.67. The lowest BCUT2D eigenvalue weighted by Crippen LogP contribution is -2.32. The Morgan fingerprint density at radius 2 is 2.00 bits per heavy atom. The van der Waals surface area contributed by atoms with Gasteiger partial charge in [0.15, 0.2) is 0 Å². The summed E-state index contributed by atoms with van der Waals surface area (Å²) < 4.78 is 0. The molecule has 1 rings (SSSR count). The molecule has 0 saturated carbocycles. The minimum absolute atomic E-state index is 0.0841. The van der Waals surface area contributed by atoms with Crippen molar-refractivity contribution in [2.75, 3.05) is 13.6 Å². The molecule has 0 aliphatic heterocycles. The molecule has 0 fully saturated rings. The summed E-state index contributed by atoms with van der Waals surface area (Å²) in [7, 11) is 1.85. The van der Waals surface area contributed by atoms with Crippen molar-refractivity contribution in [1.82, 2.24) is 10.6 Å². The highest BCUT2D eigenvalue weighted by atomic mass is 35.5. The van der Waals surface area contributed by atoms with Gasteiger partial charge in [0, 0.05) is 24.0 Å². The second kappa shape index (κ2) is 7.30. The zero-order valence-electron chi connectivity index (χ0n) is 10.3. The zero-order valence-corrected chi connectivity index (χ0v) is 11.1. The monoisotopic (exact) mass is 254 g/mol. The molecule has 0 bridgehead atoms. The Morgan fingerprint density at radius 3 is 2.59 bits per heavy atom. The molecule has 1 aromatic carbocycles. The minimum Gasteiger partial charge on any atom is -0.356 e. The molecule has 1 aromatic rings. The van der Waals surface area contributed by atoms with Gasteiger partial charge in [0.05, 0.1) is 0 Å². The van der Waals surface area contributed by atoms with Crippen LogP contribution in [-0.2, 0) is 11.2 Å². The summed E-state index contributed by atoms with van der Waals surface area (Å²) in [6.07, 6.45) is 1.34. The first kappa shape index (κ1) is 14.0. The Bertz CT molecular complexity index is 351. The minimum atomic E-state index is 0.0841. The summed E-state index contributed by atoms with van der Waals surface area (Å²) >= 11 is 5.79. The van der Waals surface area contributed by atoms with Crippen molar-refractivity contribution in [2.45, 2.75) is 25.8 Å². The van der Waals surface area contributed by atoms with Gasteiger partial charge >= 0.3 is 0 Å². The fourth-order valence-corrected chi connectivity index (χ4v) is 1.58. The first-order valence-corrected chi connectivity index (χ1v) is 6.18. The predicted octanol–water partition coefficient (Wildman–Crippen LogP) is 2.00.